The first-order valence-corrected chi connectivity index (χ1v) is 7.34. The summed E-state index contributed by atoms with van der Waals surface area (Å²) in [6.07, 6.45) is 9.05. The lowest BCUT2D eigenvalue weighted by Crippen LogP contribution is -2.15. The molecule has 0 N–H and O–H groups in total. The zero-order valence-corrected chi connectivity index (χ0v) is 11.7. The van der Waals surface area contributed by atoms with Gasteiger partial charge in [0.15, 0.2) is 6.29 Å². The molecule has 100 valence electrons. The normalized spacial score (nSPS) is 17.3. The number of hydrogen-bond acceptors (Lipinski definition) is 1. The van der Waals surface area contributed by atoms with Crippen LogP contribution in [-0.4, -0.2) is 10.9 Å². The van der Waals surface area contributed by atoms with Gasteiger partial charge in [0.2, 0.25) is 0 Å². The average molecular weight is 247 g/mol. The highest BCUT2D eigenvalue weighted by molar-refractivity contribution is 5.72. The van der Waals surface area contributed by atoms with Gasteiger partial charge in [0, 0.05) is 12.2 Å². The van der Waals surface area contributed by atoms with Crippen LogP contribution in [0.2, 0.25) is 0 Å². The Balaban J connectivity index is 2.10. The van der Waals surface area contributed by atoms with Crippen LogP contribution in [0.4, 0.5) is 0 Å². The van der Waals surface area contributed by atoms with Gasteiger partial charge < -0.3 is 4.57 Å². The molecule has 2 heteroatoms. The Labute approximate surface area is 110 Å². The molecule has 1 aliphatic rings. The van der Waals surface area contributed by atoms with Gasteiger partial charge in [-0.1, -0.05) is 46.0 Å². The van der Waals surface area contributed by atoms with Crippen LogP contribution in [0.3, 0.4) is 0 Å². The molecule has 18 heavy (non-hydrogen) atoms. The fourth-order valence-electron chi connectivity index (χ4n) is 3.08. The van der Waals surface area contributed by atoms with Gasteiger partial charge >= 0.3 is 0 Å². The lowest BCUT2D eigenvalue weighted by Gasteiger charge is -2.23. The monoisotopic (exact) mass is 247 g/mol. The fourth-order valence-corrected chi connectivity index (χ4v) is 3.08. The van der Waals surface area contributed by atoms with Crippen molar-refractivity contribution in [1.82, 2.24) is 4.57 Å². The quantitative estimate of drug-likeness (QED) is 0.719. The molecule has 0 amide bonds. The highest BCUT2D eigenvalue weighted by Gasteiger charge is 2.17. The van der Waals surface area contributed by atoms with E-state index in [1.54, 1.807) is 0 Å². The van der Waals surface area contributed by atoms with E-state index < -0.39 is 0 Å². The molecule has 1 aliphatic carbocycles. The molecular weight excluding hydrogens is 222 g/mol. The topological polar surface area (TPSA) is 22.0 Å². The van der Waals surface area contributed by atoms with Crippen LogP contribution in [0.25, 0.3) is 0 Å². The lowest BCUT2D eigenvalue weighted by atomic mass is 9.86. The molecule has 0 spiro atoms. The first kappa shape index (κ1) is 13.4. The standard InChI is InChI=1S/C16H25NO/c1-13(2)11-17-15(8-9-16(17)12-18)10-14-6-4-3-5-7-14/h8-9,12-14H,3-7,10-11H2,1-2H3. The Hall–Kier alpha value is -1.05. The second kappa shape index (κ2) is 6.21. The molecule has 1 saturated carbocycles. The maximum Gasteiger partial charge on any atom is 0.166 e. The van der Waals surface area contributed by atoms with Crippen molar-refractivity contribution in [2.75, 3.05) is 0 Å². The first-order chi connectivity index (χ1) is 8.70. The van der Waals surface area contributed by atoms with E-state index in [9.17, 15) is 4.79 Å². The molecule has 0 unspecified atom stereocenters. The van der Waals surface area contributed by atoms with E-state index in [1.165, 1.54) is 37.8 Å². The minimum atomic E-state index is 0.584. The Bertz CT molecular complexity index is 386. The van der Waals surface area contributed by atoms with E-state index in [4.69, 9.17) is 0 Å². The average Bonchev–Trinajstić information content (AvgIpc) is 2.72. The molecule has 0 atom stereocenters. The third-order valence-electron chi connectivity index (χ3n) is 4.00. The second-order valence-corrected chi connectivity index (χ2v) is 6.08. The van der Waals surface area contributed by atoms with Crippen molar-refractivity contribution in [3.63, 3.8) is 0 Å². The number of carbonyl (C=O) groups excluding carboxylic acids is 1. The van der Waals surface area contributed by atoms with Gasteiger partial charge in [0.25, 0.3) is 0 Å². The summed E-state index contributed by atoms with van der Waals surface area (Å²) < 4.78 is 2.23. The number of nitrogens with zero attached hydrogens (tertiary/aromatic N) is 1. The molecule has 1 fully saturated rings. The van der Waals surface area contributed by atoms with Crippen LogP contribution >= 0.6 is 0 Å². The predicted octanol–water partition coefficient (Wildman–Crippen LogP) is 4.08. The Morgan fingerprint density at radius 1 is 1.28 bits per heavy atom. The molecule has 0 aromatic carbocycles. The van der Waals surface area contributed by atoms with E-state index in [1.807, 2.05) is 6.07 Å². The molecule has 0 aliphatic heterocycles. The van der Waals surface area contributed by atoms with Gasteiger partial charge in [-0.25, -0.2) is 0 Å². The molecule has 1 aromatic heterocycles. The van der Waals surface area contributed by atoms with Crippen LogP contribution in [0, 0.1) is 11.8 Å². The van der Waals surface area contributed by atoms with Crippen molar-refractivity contribution in [1.29, 1.82) is 0 Å². The second-order valence-electron chi connectivity index (χ2n) is 6.08. The van der Waals surface area contributed by atoms with E-state index in [0.717, 1.165) is 30.9 Å². The zero-order valence-electron chi connectivity index (χ0n) is 11.7. The summed E-state index contributed by atoms with van der Waals surface area (Å²) in [6, 6.07) is 4.13. The molecular formula is C16H25NO. The minimum absolute atomic E-state index is 0.584. The maximum atomic E-state index is 11.1. The van der Waals surface area contributed by atoms with Crippen LogP contribution in [0.15, 0.2) is 12.1 Å². The molecule has 2 rings (SSSR count). The van der Waals surface area contributed by atoms with Crippen molar-refractivity contribution < 1.29 is 4.79 Å². The van der Waals surface area contributed by atoms with Crippen LogP contribution < -0.4 is 0 Å². The van der Waals surface area contributed by atoms with Crippen LogP contribution in [-0.2, 0) is 13.0 Å². The van der Waals surface area contributed by atoms with Gasteiger partial charge in [0.05, 0.1) is 5.69 Å². The Kier molecular flexibility index (Phi) is 4.62. The van der Waals surface area contributed by atoms with E-state index in [2.05, 4.69) is 24.5 Å². The Morgan fingerprint density at radius 3 is 2.61 bits per heavy atom. The SMILES string of the molecule is CC(C)Cn1c(C=O)ccc1CC1CCCCC1. The highest BCUT2D eigenvalue weighted by Crippen LogP contribution is 2.27. The lowest BCUT2D eigenvalue weighted by molar-refractivity contribution is 0.111. The molecule has 2 nitrogen and oxygen atoms in total. The van der Waals surface area contributed by atoms with Gasteiger partial charge in [0.1, 0.15) is 0 Å². The highest BCUT2D eigenvalue weighted by atomic mass is 16.1. The zero-order chi connectivity index (χ0) is 13.0. The van der Waals surface area contributed by atoms with Gasteiger partial charge in [-0.3, -0.25) is 4.79 Å². The largest absolute Gasteiger partial charge is 0.342 e. The summed E-state index contributed by atoms with van der Waals surface area (Å²) in [6.45, 7) is 5.38. The molecule has 0 bridgehead atoms. The van der Waals surface area contributed by atoms with Crippen LogP contribution in [0.5, 0.6) is 0 Å². The molecule has 1 aromatic rings. The first-order valence-electron chi connectivity index (χ1n) is 7.34. The van der Waals surface area contributed by atoms with Gasteiger partial charge in [-0.15, -0.1) is 0 Å². The van der Waals surface area contributed by atoms with Crippen molar-refractivity contribution in [3.05, 3.63) is 23.5 Å². The van der Waals surface area contributed by atoms with E-state index >= 15 is 0 Å². The number of carbonyl (C=O) groups is 1. The van der Waals surface area contributed by atoms with Gasteiger partial charge in [-0.2, -0.15) is 0 Å². The summed E-state index contributed by atoms with van der Waals surface area (Å²) in [5.74, 6) is 1.42. The summed E-state index contributed by atoms with van der Waals surface area (Å²) in [7, 11) is 0. The number of aromatic nitrogens is 1. The van der Waals surface area contributed by atoms with Crippen molar-refractivity contribution in [3.8, 4) is 0 Å². The predicted molar refractivity (Wildman–Crippen MR) is 74.9 cm³/mol. The third-order valence-corrected chi connectivity index (χ3v) is 4.00. The van der Waals surface area contributed by atoms with E-state index in [0.29, 0.717) is 5.92 Å². The van der Waals surface area contributed by atoms with Crippen molar-refractivity contribution in [2.45, 2.75) is 58.9 Å². The van der Waals surface area contributed by atoms with Crippen LogP contribution in [0.1, 0.15) is 62.1 Å². The maximum absolute atomic E-state index is 11.1. The fraction of sp³-hybridized carbons (Fsp3) is 0.688. The number of rotatable bonds is 5. The molecule has 0 saturated heterocycles. The number of aldehydes is 1. The Morgan fingerprint density at radius 2 is 2.00 bits per heavy atom. The number of hydrogen-bond donors (Lipinski definition) is 0. The summed E-state index contributed by atoms with van der Waals surface area (Å²) in [4.78, 5) is 11.1. The minimum Gasteiger partial charge on any atom is -0.342 e. The third kappa shape index (κ3) is 3.24. The molecule has 0 radical (unpaired) electrons. The smallest absolute Gasteiger partial charge is 0.166 e. The van der Waals surface area contributed by atoms with Gasteiger partial charge in [-0.05, 0) is 30.4 Å². The summed E-state index contributed by atoms with van der Waals surface area (Å²) in [5, 5.41) is 0. The van der Waals surface area contributed by atoms with E-state index in [-0.39, 0.29) is 0 Å². The van der Waals surface area contributed by atoms with Crippen molar-refractivity contribution >= 4 is 6.29 Å². The summed E-state index contributed by atoms with van der Waals surface area (Å²) in [5.41, 5.74) is 2.20. The molecule has 1 heterocycles. The van der Waals surface area contributed by atoms with Crippen molar-refractivity contribution in [2.24, 2.45) is 11.8 Å². The summed E-state index contributed by atoms with van der Waals surface area (Å²) >= 11 is 0.